The molecule has 0 spiro atoms. The molecule has 3 heterocycles. The smallest absolute Gasteiger partial charge is 0.337 e. The molecule has 2 N–H and O–H groups in total. The van der Waals surface area contributed by atoms with Crippen molar-refractivity contribution >= 4 is 28.4 Å². The van der Waals surface area contributed by atoms with E-state index in [0.29, 0.717) is 23.4 Å². The van der Waals surface area contributed by atoms with E-state index in [1.807, 2.05) is 13.8 Å². The minimum Gasteiger partial charge on any atom is -0.478 e. The van der Waals surface area contributed by atoms with Crippen LogP contribution >= 0.6 is 0 Å². The number of pyridine rings is 1. The van der Waals surface area contributed by atoms with Crippen molar-refractivity contribution in [2.24, 2.45) is 0 Å². The zero-order valence-electron chi connectivity index (χ0n) is 15.9. The normalized spacial score (nSPS) is 15.9. The van der Waals surface area contributed by atoms with Gasteiger partial charge in [0.1, 0.15) is 5.82 Å². The molecule has 0 radical (unpaired) electrons. The number of rotatable bonds is 5. The third-order valence-electron chi connectivity index (χ3n) is 4.42. The summed E-state index contributed by atoms with van der Waals surface area (Å²) in [5.41, 5.74) is 1.12. The summed E-state index contributed by atoms with van der Waals surface area (Å²) in [4.78, 5) is 15.4. The van der Waals surface area contributed by atoms with Crippen LogP contribution in [-0.2, 0) is 11.3 Å². The molecule has 0 saturated carbocycles. The highest BCUT2D eigenvalue weighted by Gasteiger charge is 2.20. The van der Waals surface area contributed by atoms with Gasteiger partial charge in [-0.25, -0.2) is 9.18 Å². The Morgan fingerprint density at radius 2 is 2.21 bits per heavy atom. The largest absolute Gasteiger partial charge is 0.478 e. The molecule has 148 valence electrons. The molecule has 1 saturated heterocycles. The summed E-state index contributed by atoms with van der Waals surface area (Å²) in [5, 5.41) is 17.4. The van der Waals surface area contributed by atoms with Crippen LogP contribution in [0.3, 0.4) is 0 Å². The molecular formula is C20H23FN4O3. The molecule has 1 aromatic carbocycles. The lowest BCUT2D eigenvalue weighted by molar-refractivity contribution is 0.0698. The summed E-state index contributed by atoms with van der Waals surface area (Å²) >= 11 is 0. The highest BCUT2D eigenvalue weighted by atomic mass is 19.1. The van der Waals surface area contributed by atoms with E-state index >= 15 is 0 Å². The van der Waals surface area contributed by atoms with Crippen LogP contribution in [0.1, 0.15) is 37.0 Å². The first kappa shape index (κ1) is 19.8. The first-order valence-corrected chi connectivity index (χ1v) is 9.34. The van der Waals surface area contributed by atoms with E-state index in [4.69, 9.17) is 4.74 Å². The van der Waals surface area contributed by atoms with Gasteiger partial charge in [0.25, 0.3) is 0 Å². The van der Waals surface area contributed by atoms with E-state index in [9.17, 15) is 14.3 Å². The maximum absolute atomic E-state index is 13.8. The van der Waals surface area contributed by atoms with Crippen molar-refractivity contribution in [2.45, 2.75) is 39.3 Å². The van der Waals surface area contributed by atoms with Gasteiger partial charge >= 0.3 is 5.97 Å². The summed E-state index contributed by atoms with van der Waals surface area (Å²) < 4.78 is 21.2. The zero-order valence-corrected chi connectivity index (χ0v) is 15.9. The van der Waals surface area contributed by atoms with Crippen LogP contribution in [0.2, 0.25) is 0 Å². The van der Waals surface area contributed by atoms with Gasteiger partial charge in [-0.3, -0.25) is 9.67 Å². The highest BCUT2D eigenvalue weighted by Crippen LogP contribution is 2.29. The number of aromatic carboxylic acids is 1. The lowest BCUT2D eigenvalue weighted by Crippen LogP contribution is -2.16. The number of hydrogen-bond donors (Lipinski definition) is 2. The zero-order chi connectivity index (χ0) is 20.1. The van der Waals surface area contributed by atoms with Crippen molar-refractivity contribution in [1.82, 2.24) is 14.8 Å². The van der Waals surface area contributed by atoms with Gasteiger partial charge in [0, 0.05) is 18.2 Å². The van der Waals surface area contributed by atoms with Gasteiger partial charge in [0.05, 0.1) is 35.6 Å². The van der Waals surface area contributed by atoms with Crippen molar-refractivity contribution in [3.05, 3.63) is 48.0 Å². The minimum absolute atomic E-state index is 0.0678. The van der Waals surface area contributed by atoms with E-state index in [2.05, 4.69) is 15.4 Å². The molecule has 1 unspecified atom stereocenters. The maximum atomic E-state index is 13.8. The standard InChI is InChI=1S/C18H17FN4O3.C2H6/c19-11-3-4-16-14(8-11)17(22-23(16)10-12-2-1-7-26-12)21-15-9-20-6-5-13(15)18(24)25;1-2/h3-6,8-9,12H,1-2,7,10H2,(H,21,22)(H,24,25);1-2H3. The van der Waals surface area contributed by atoms with Crippen molar-refractivity contribution in [2.75, 3.05) is 11.9 Å². The number of hydrogen-bond acceptors (Lipinski definition) is 5. The fraction of sp³-hybridized carbons (Fsp3) is 0.350. The van der Waals surface area contributed by atoms with Crippen LogP contribution < -0.4 is 5.32 Å². The van der Waals surface area contributed by atoms with Crippen molar-refractivity contribution in [3.63, 3.8) is 0 Å². The Bertz CT molecular complexity index is 967. The average Bonchev–Trinajstić information content (AvgIpc) is 3.32. The second-order valence-corrected chi connectivity index (χ2v) is 6.18. The molecule has 28 heavy (non-hydrogen) atoms. The maximum Gasteiger partial charge on any atom is 0.337 e. The summed E-state index contributed by atoms with van der Waals surface area (Å²) in [7, 11) is 0. The van der Waals surface area contributed by atoms with Gasteiger partial charge in [-0.1, -0.05) is 13.8 Å². The molecule has 3 aromatic rings. The van der Waals surface area contributed by atoms with Crippen LogP contribution in [-0.4, -0.2) is 38.6 Å². The van der Waals surface area contributed by atoms with Crippen LogP contribution in [0.5, 0.6) is 0 Å². The Morgan fingerprint density at radius 1 is 1.39 bits per heavy atom. The highest BCUT2D eigenvalue weighted by molar-refractivity contribution is 5.97. The van der Waals surface area contributed by atoms with Crippen molar-refractivity contribution in [1.29, 1.82) is 0 Å². The van der Waals surface area contributed by atoms with E-state index in [-0.39, 0.29) is 17.5 Å². The van der Waals surface area contributed by atoms with Crippen LogP contribution in [0.15, 0.2) is 36.7 Å². The first-order valence-electron chi connectivity index (χ1n) is 9.34. The number of carboxylic acids is 1. The second kappa shape index (κ2) is 8.79. The van der Waals surface area contributed by atoms with Gasteiger partial charge in [0.2, 0.25) is 0 Å². The van der Waals surface area contributed by atoms with Crippen molar-refractivity contribution < 1.29 is 19.0 Å². The molecule has 1 fully saturated rings. The van der Waals surface area contributed by atoms with Crippen molar-refractivity contribution in [3.8, 4) is 0 Å². The number of aromatic nitrogens is 3. The summed E-state index contributed by atoms with van der Waals surface area (Å²) in [6.45, 7) is 5.30. The summed E-state index contributed by atoms with van der Waals surface area (Å²) in [5.74, 6) is -1.08. The van der Waals surface area contributed by atoms with Crippen LogP contribution in [0, 0.1) is 5.82 Å². The number of carboxylic acid groups (broad SMARTS) is 1. The molecule has 1 aliphatic rings. The number of benzene rings is 1. The predicted octanol–water partition coefficient (Wildman–Crippen LogP) is 4.22. The quantitative estimate of drug-likeness (QED) is 0.683. The number of anilines is 2. The SMILES string of the molecule is CC.O=C(O)c1ccncc1Nc1nn(CC2CCCO2)c2ccc(F)cc12. The number of nitrogens with zero attached hydrogens (tertiary/aromatic N) is 3. The Labute approximate surface area is 162 Å². The Kier molecular flexibility index (Phi) is 6.20. The van der Waals surface area contributed by atoms with Crippen LogP contribution in [0.25, 0.3) is 10.9 Å². The molecule has 8 heteroatoms. The van der Waals surface area contributed by atoms with E-state index in [0.717, 1.165) is 25.0 Å². The Hall–Kier alpha value is -3.00. The Morgan fingerprint density at radius 3 is 2.93 bits per heavy atom. The van der Waals surface area contributed by atoms with Gasteiger partial charge in [-0.15, -0.1) is 0 Å². The molecule has 1 atom stereocenters. The molecular weight excluding hydrogens is 363 g/mol. The predicted molar refractivity (Wildman–Crippen MR) is 104 cm³/mol. The number of ether oxygens (including phenoxy) is 1. The van der Waals surface area contributed by atoms with E-state index < -0.39 is 5.97 Å². The molecule has 2 aromatic heterocycles. The third kappa shape index (κ3) is 4.12. The molecule has 0 aliphatic carbocycles. The Balaban J connectivity index is 0.00000109. The first-order chi connectivity index (χ1) is 13.6. The molecule has 0 bridgehead atoms. The summed E-state index contributed by atoms with van der Waals surface area (Å²) in [6, 6.07) is 5.83. The lowest BCUT2D eigenvalue weighted by Gasteiger charge is -2.10. The second-order valence-electron chi connectivity index (χ2n) is 6.18. The molecule has 1 aliphatic heterocycles. The monoisotopic (exact) mass is 386 g/mol. The fourth-order valence-electron chi connectivity index (χ4n) is 3.17. The molecule has 0 amide bonds. The van der Waals surface area contributed by atoms with Gasteiger partial charge in [0.15, 0.2) is 5.82 Å². The number of nitrogens with one attached hydrogen (secondary N) is 1. The van der Waals surface area contributed by atoms with Gasteiger partial charge in [-0.2, -0.15) is 5.10 Å². The number of carbonyl (C=O) groups is 1. The minimum atomic E-state index is -1.08. The summed E-state index contributed by atoms with van der Waals surface area (Å²) in [6.07, 6.45) is 4.86. The molecule has 4 rings (SSSR count). The van der Waals surface area contributed by atoms with Crippen LogP contribution in [0.4, 0.5) is 15.9 Å². The molecule has 7 nitrogen and oxygen atoms in total. The third-order valence-corrected chi connectivity index (χ3v) is 4.42. The number of fused-ring (bicyclic) bond motifs is 1. The van der Waals surface area contributed by atoms with Gasteiger partial charge < -0.3 is 15.2 Å². The topological polar surface area (TPSA) is 89.3 Å². The van der Waals surface area contributed by atoms with E-state index in [1.54, 1.807) is 10.7 Å². The number of halogens is 1. The van der Waals surface area contributed by atoms with Gasteiger partial charge in [-0.05, 0) is 37.1 Å². The lowest BCUT2D eigenvalue weighted by atomic mass is 10.2. The fourth-order valence-corrected chi connectivity index (χ4v) is 3.17. The van der Waals surface area contributed by atoms with E-state index in [1.165, 1.54) is 30.6 Å². The average molecular weight is 386 g/mol.